The summed E-state index contributed by atoms with van der Waals surface area (Å²) in [5.74, 6) is 0.842. The fourth-order valence-electron chi connectivity index (χ4n) is 3.71. The molecule has 0 N–H and O–H groups in total. The average molecular weight is 436 g/mol. The Bertz CT molecular complexity index is 1100. The number of hydrogen-bond acceptors (Lipinski definition) is 7. The molecule has 1 aliphatic rings. The normalized spacial score (nSPS) is 15.3. The molecule has 0 bridgehead atoms. The van der Waals surface area contributed by atoms with Gasteiger partial charge in [-0.25, -0.2) is 24.3 Å². The summed E-state index contributed by atoms with van der Waals surface area (Å²) < 4.78 is 13.4. The fraction of sp³-hybridized carbons (Fsp3) is 0.227. The summed E-state index contributed by atoms with van der Waals surface area (Å²) >= 11 is 5.87. The summed E-state index contributed by atoms with van der Waals surface area (Å²) in [6.45, 7) is 6.24. The Balaban J connectivity index is 1.58. The van der Waals surface area contributed by atoms with E-state index in [4.69, 9.17) is 11.6 Å². The SMILES string of the molecule is C=Nc1ncnc(N2CCN(C(C#N)c3ccc(Cl)nc3)CC2)c1-c1ccc(F)cc1. The molecule has 1 aromatic carbocycles. The van der Waals surface area contributed by atoms with Crippen molar-refractivity contribution in [1.82, 2.24) is 19.9 Å². The highest BCUT2D eigenvalue weighted by Crippen LogP contribution is 2.36. The highest BCUT2D eigenvalue weighted by molar-refractivity contribution is 6.29. The predicted molar refractivity (Wildman–Crippen MR) is 118 cm³/mol. The summed E-state index contributed by atoms with van der Waals surface area (Å²) in [4.78, 5) is 21.1. The van der Waals surface area contributed by atoms with Crippen LogP contribution >= 0.6 is 11.6 Å². The summed E-state index contributed by atoms with van der Waals surface area (Å²) in [5.41, 5.74) is 2.29. The number of nitriles is 1. The van der Waals surface area contributed by atoms with E-state index >= 15 is 0 Å². The number of benzene rings is 1. The number of aliphatic imine (C=N–C) groups is 1. The van der Waals surface area contributed by atoms with E-state index in [-0.39, 0.29) is 5.82 Å². The van der Waals surface area contributed by atoms with Gasteiger partial charge in [0, 0.05) is 37.9 Å². The standard InChI is InChI=1S/C22H19ClFN7/c1-26-21-20(15-2-5-17(24)6-3-15)22(29-14-28-21)31-10-8-30(9-11-31)18(12-25)16-4-7-19(23)27-13-16/h2-7,13-14,18H,1,8-11H2. The molecule has 0 spiro atoms. The second-order valence-electron chi connectivity index (χ2n) is 7.03. The number of nitrogens with zero attached hydrogens (tertiary/aromatic N) is 7. The van der Waals surface area contributed by atoms with Crippen LogP contribution in [0, 0.1) is 17.1 Å². The lowest BCUT2D eigenvalue weighted by molar-refractivity contribution is 0.221. The molecule has 3 aromatic rings. The zero-order valence-corrected chi connectivity index (χ0v) is 17.4. The third-order valence-electron chi connectivity index (χ3n) is 5.26. The number of anilines is 1. The first-order valence-corrected chi connectivity index (χ1v) is 10.1. The molecule has 1 unspecified atom stereocenters. The molecule has 0 radical (unpaired) electrons. The van der Waals surface area contributed by atoms with Crippen LogP contribution in [0.25, 0.3) is 11.1 Å². The van der Waals surface area contributed by atoms with Crippen molar-refractivity contribution < 1.29 is 4.39 Å². The van der Waals surface area contributed by atoms with Gasteiger partial charge in [-0.2, -0.15) is 5.26 Å². The van der Waals surface area contributed by atoms with Gasteiger partial charge in [-0.1, -0.05) is 29.8 Å². The van der Waals surface area contributed by atoms with Gasteiger partial charge in [0.05, 0.1) is 11.6 Å². The molecule has 0 aliphatic carbocycles. The number of aromatic nitrogens is 3. The second-order valence-corrected chi connectivity index (χ2v) is 7.42. The lowest BCUT2D eigenvalue weighted by atomic mass is 10.1. The van der Waals surface area contributed by atoms with Gasteiger partial charge in [-0.3, -0.25) is 4.90 Å². The lowest BCUT2D eigenvalue weighted by Crippen LogP contribution is -2.48. The maximum Gasteiger partial charge on any atom is 0.164 e. The molecule has 0 saturated carbocycles. The van der Waals surface area contributed by atoms with E-state index in [0.29, 0.717) is 48.5 Å². The van der Waals surface area contributed by atoms with Gasteiger partial charge < -0.3 is 4.90 Å². The number of piperazine rings is 1. The first-order chi connectivity index (χ1) is 15.1. The van der Waals surface area contributed by atoms with Crippen LogP contribution in [0.4, 0.5) is 16.0 Å². The van der Waals surface area contributed by atoms with Crippen molar-refractivity contribution in [2.75, 3.05) is 31.1 Å². The molecular weight excluding hydrogens is 417 g/mol. The molecular formula is C22H19ClFN7. The minimum atomic E-state index is -0.403. The second kappa shape index (κ2) is 9.16. The van der Waals surface area contributed by atoms with E-state index < -0.39 is 6.04 Å². The Morgan fingerprint density at radius 1 is 1.06 bits per heavy atom. The number of hydrogen-bond donors (Lipinski definition) is 0. The van der Waals surface area contributed by atoms with Crippen molar-refractivity contribution in [3.63, 3.8) is 0 Å². The Hall–Kier alpha value is -3.41. The first kappa shape index (κ1) is 20.8. The van der Waals surface area contributed by atoms with Gasteiger partial charge in [0.2, 0.25) is 0 Å². The summed E-state index contributed by atoms with van der Waals surface area (Å²) in [6.07, 6.45) is 3.10. The summed E-state index contributed by atoms with van der Waals surface area (Å²) in [6, 6.07) is 11.6. The van der Waals surface area contributed by atoms with Crippen LogP contribution in [0.3, 0.4) is 0 Å². The van der Waals surface area contributed by atoms with E-state index in [1.54, 1.807) is 24.4 Å². The minimum absolute atomic E-state index is 0.317. The van der Waals surface area contributed by atoms with Crippen LogP contribution in [-0.2, 0) is 0 Å². The van der Waals surface area contributed by atoms with Gasteiger partial charge in [-0.15, -0.1) is 0 Å². The summed E-state index contributed by atoms with van der Waals surface area (Å²) in [7, 11) is 0. The Morgan fingerprint density at radius 2 is 1.81 bits per heavy atom. The van der Waals surface area contributed by atoms with E-state index in [1.807, 2.05) is 6.07 Å². The first-order valence-electron chi connectivity index (χ1n) is 9.68. The van der Waals surface area contributed by atoms with Crippen LogP contribution in [0.15, 0.2) is 53.9 Å². The zero-order valence-electron chi connectivity index (χ0n) is 16.6. The Kier molecular flexibility index (Phi) is 6.16. The fourth-order valence-corrected chi connectivity index (χ4v) is 3.82. The van der Waals surface area contributed by atoms with E-state index in [1.165, 1.54) is 18.5 Å². The quantitative estimate of drug-likeness (QED) is 0.444. The highest BCUT2D eigenvalue weighted by Gasteiger charge is 2.28. The largest absolute Gasteiger partial charge is 0.353 e. The van der Waals surface area contributed by atoms with Crippen molar-refractivity contribution in [2.24, 2.45) is 4.99 Å². The smallest absolute Gasteiger partial charge is 0.164 e. The van der Waals surface area contributed by atoms with E-state index in [2.05, 4.69) is 42.5 Å². The van der Waals surface area contributed by atoms with Crippen LogP contribution < -0.4 is 4.90 Å². The maximum atomic E-state index is 13.4. The van der Waals surface area contributed by atoms with Crippen molar-refractivity contribution in [3.05, 3.63) is 65.5 Å². The Morgan fingerprint density at radius 3 is 2.42 bits per heavy atom. The van der Waals surface area contributed by atoms with Gasteiger partial charge in [-0.05, 0) is 30.5 Å². The number of pyridine rings is 1. The molecule has 1 aliphatic heterocycles. The van der Waals surface area contributed by atoms with Crippen LogP contribution in [0.2, 0.25) is 5.15 Å². The van der Waals surface area contributed by atoms with Gasteiger partial charge >= 0.3 is 0 Å². The zero-order chi connectivity index (χ0) is 21.8. The number of rotatable bonds is 5. The van der Waals surface area contributed by atoms with Crippen molar-refractivity contribution in [1.29, 1.82) is 5.26 Å². The number of halogens is 2. The van der Waals surface area contributed by atoms with Crippen LogP contribution in [0.1, 0.15) is 11.6 Å². The predicted octanol–water partition coefficient (Wildman–Crippen LogP) is 4.05. The van der Waals surface area contributed by atoms with Gasteiger partial charge in [0.15, 0.2) is 5.82 Å². The molecule has 2 aromatic heterocycles. The molecule has 4 rings (SSSR count). The third kappa shape index (κ3) is 4.38. The molecule has 1 fully saturated rings. The summed E-state index contributed by atoms with van der Waals surface area (Å²) in [5, 5.41) is 10.1. The molecule has 9 heteroatoms. The van der Waals surface area contributed by atoms with E-state index in [0.717, 1.165) is 11.1 Å². The Labute approximate surface area is 184 Å². The van der Waals surface area contributed by atoms with Crippen LogP contribution in [0.5, 0.6) is 0 Å². The molecule has 7 nitrogen and oxygen atoms in total. The third-order valence-corrected chi connectivity index (χ3v) is 5.48. The lowest BCUT2D eigenvalue weighted by Gasteiger charge is -2.38. The van der Waals surface area contributed by atoms with Crippen LogP contribution in [-0.4, -0.2) is 52.7 Å². The molecule has 1 atom stereocenters. The topological polar surface area (TPSA) is 81.3 Å². The molecule has 156 valence electrons. The molecule has 3 heterocycles. The van der Waals surface area contributed by atoms with E-state index in [9.17, 15) is 9.65 Å². The molecule has 31 heavy (non-hydrogen) atoms. The van der Waals surface area contributed by atoms with Crippen molar-refractivity contribution in [2.45, 2.75) is 6.04 Å². The molecule has 0 amide bonds. The minimum Gasteiger partial charge on any atom is -0.353 e. The van der Waals surface area contributed by atoms with Gasteiger partial charge in [0.1, 0.15) is 29.2 Å². The average Bonchev–Trinajstić information content (AvgIpc) is 2.81. The van der Waals surface area contributed by atoms with Crippen molar-refractivity contribution in [3.8, 4) is 17.2 Å². The molecule has 1 saturated heterocycles. The van der Waals surface area contributed by atoms with Crippen molar-refractivity contribution >= 4 is 30.0 Å². The highest BCUT2D eigenvalue weighted by atomic mass is 35.5. The monoisotopic (exact) mass is 435 g/mol. The van der Waals surface area contributed by atoms with Gasteiger partial charge in [0.25, 0.3) is 0 Å². The maximum absolute atomic E-state index is 13.4.